The summed E-state index contributed by atoms with van der Waals surface area (Å²) in [6, 6.07) is 11.9. The lowest BCUT2D eigenvalue weighted by Gasteiger charge is -2.18. The molecule has 1 aromatic heterocycles. The number of hydrogen-bond donors (Lipinski definition) is 0. The van der Waals surface area contributed by atoms with Crippen molar-refractivity contribution in [3.63, 3.8) is 0 Å². The van der Waals surface area contributed by atoms with Gasteiger partial charge in [-0.3, -0.25) is 9.59 Å². The molecule has 154 valence electrons. The van der Waals surface area contributed by atoms with Crippen molar-refractivity contribution in [2.24, 2.45) is 0 Å². The lowest BCUT2D eigenvalue weighted by Crippen LogP contribution is -2.16. The first-order valence-corrected chi connectivity index (χ1v) is 9.63. The summed E-state index contributed by atoms with van der Waals surface area (Å²) in [5.74, 6) is 0.939. The Kier molecular flexibility index (Phi) is 5.94. The van der Waals surface area contributed by atoms with Gasteiger partial charge in [0.25, 0.3) is 5.89 Å². The Balaban J connectivity index is 1.26. The summed E-state index contributed by atoms with van der Waals surface area (Å²) in [6.45, 7) is 0.747. The highest BCUT2D eigenvalue weighted by Crippen LogP contribution is 2.31. The van der Waals surface area contributed by atoms with Crippen LogP contribution in [0.15, 0.2) is 47.0 Å². The average Bonchev–Trinajstić information content (AvgIpc) is 3.25. The fraction of sp³-hybridized carbons (Fsp3) is 0.238. The summed E-state index contributed by atoms with van der Waals surface area (Å²) in [7, 11) is 0. The molecular weight excluding hydrogens is 412 g/mol. The van der Waals surface area contributed by atoms with Gasteiger partial charge in [0.15, 0.2) is 23.9 Å². The molecule has 0 fully saturated rings. The van der Waals surface area contributed by atoms with Crippen LogP contribution in [0.5, 0.6) is 11.5 Å². The van der Waals surface area contributed by atoms with Crippen LogP contribution in [-0.2, 0) is 16.1 Å². The van der Waals surface area contributed by atoms with Gasteiger partial charge in [-0.1, -0.05) is 16.8 Å². The largest absolute Gasteiger partial charge is 0.486 e. The summed E-state index contributed by atoms with van der Waals surface area (Å²) in [5.41, 5.74) is 1.18. The molecule has 0 atom stereocenters. The number of ketones is 1. The first-order valence-electron chi connectivity index (χ1n) is 9.25. The lowest BCUT2D eigenvalue weighted by atomic mass is 10.1. The van der Waals surface area contributed by atoms with Crippen LogP contribution in [-0.4, -0.2) is 35.1 Å². The third-order valence-electron chi connectivity index (χ3n) is 4.35. The van der Waals surface area contributed by atoms with Crippen molar-refractivity contribution in [2.75, 3.05) is 13.2 Å². The predicted octanol–water partition coefficient (Wildman–Crippen LogP) is 3.87. The van der Waals surface area contributed by atoms with Gasteiger partial charge < -0.3 is 18.7 Å². The minimum absolute atomic E-state index is 0.0122. The quantitative estimate of drug-likeness (QED) is 0.413. The molecule has 4 rings (SSSR count). The SMILES string of the molecule is O=C(CCC(=O)c1ccc2c(c1)OCCO2)OCc1nc(-c2ccc(Cl)cc2)no1. The van der Waals surface area contributed by atoms with Crippen molar-refractivity contribution in [1.29, 1.82) is 0 Å². The van der Waals surface area contributed by atoms with E-state index in [0.29, 0.717) is 41.1 Å². The van der Waals surface area contributed by atoms with Crippen LogP contribution in [0, 0.1) is 0 Å². The van der Waals surface area contributed by atoms with Crippen molar-refractivity contribution in [1.82, 2.24) is 10.1 Å². The summed E-state index contributed by atoms with van der Waals surface area (Å²) in [5, 5.41) is 4.45. The van der Waals surface area contributed by atoms with Crippen molar-refractivity contribution in [3.05, 3.63) is 58.9 Å². The molecule has 0 unspecified atom stereocenters. The van der Waals surface area contributed by atoms with E-state index in [0.717, 1.165) is 5.56 Å². The Bertz CT molecular complexity index is 1060. The minimum atomic E-state index is -0.535. The fourth-order valence-electron chi connectivity index (χ4n) is 2.82. The Morgan fingerprint density at radius 2 is 1.77 bits per heavy atom. The van der Waals surface area contributed by atoms with Gasteiger partial charge in [0.05, 0.1) is 6.42 Å². The highest BCUT2D eigenvalue weighted by molar-refractivity contribution is 6.30. The fourth-order valence-corrected chi connectivity index (χ4v) is 2.95. The van der Waals surface area contributed by atoms with Gasteiger partial charge in [-0.2, -0.15) is 4.98 Å². The van der Waals surface area contributed by atoms with E-state index in [1.807, 2.05) is 0 Å². The summed E-state index contributed by atoms with van der Waals surface area (Å²) in [6.07, 6.45) is -0.0518. The zero-order valence-corrected chi connectivity index (χ0v) is 16.6. The number of esters is 1. The summed E-state index contributed by atoms with van der Waals surface area (Å²) in [4.78, 5) is 28.5. The van der Waals surface area contributed by atoms with E-state index in [4.69, 9.17) is 30.3 Å². The Morgan fingerprint density at radius 1 is 1.00 bits per heavy atom. The highest BCUT2D eigenvalue weighted by Gasteiger charge is 2.17. The van der Waals surface area contributed by atoms with Gasteiger partial charge in [0.2, 0.25) is 5.82 Å². The van der Waals surface area contributed by atoms with Gasteiger partial charge in [-0.05, 0) is 42.5 Å². The number of fused-ring (bicyclic) bond motifs is 1. The lowest BCUT2D eigenvalue weighted by molar-refractivity contribution is -0.145. The number of ether oxygens (including phenoxy) is 3. The molecule has 30 heavy (non-hydrogen) atoms. The number of benzene rings is 2. The van der Waals surface area contributed by atoms with E-state index in [-0.39, 0.29) is 31.1 Å². The Hall–Kier alpha value is -3.39. The number of aromatic nitrogens is 2. The summed E-state index contributed by atoms with van der Waals surface area (Å²) < 4.78 is 21.1. The number of carbonyl (C=O) groups is 2. The molecule has 0 aliphatic carbocycles. The maximum absolute atomic E-state index is 12.3. The van der Waals surface area contributed by atoms with Crippen LogP contribution in [0.3, 0.4) is 0 Å². The minimum Gasteiger partial charge on any atom is -0.486 e. The van der Waals surface area contributed by atoms with Crippen LogP contribution in [0.2, 0.25) is 5.02 Å². The molecule has 0 N–H and O–H groups in total. The van der Waals surface area contributed by atoms with Crippen molar-refractivity contribution in [3.8, 4) is 22.9 Å². The van der Waals surface area contributed by atoms with Crippen molar-refractivity contribution < 1.29 is 28.3 Å². The van der Waals surface area contributed by atoms with Gasteiger partial charge >= 0.3 is 5.97 Å². The normalized spacial score (nSPS) is 12.4. The molecule has 2 heterocycles. The van der Waals surface area contributed by atoms with Gasteiger partial charge in [-0.15, -0.1) is 0 Å². The summed E-state index contributed by atoms with van der Waals surface area (Å²) >= 11 is 5.85. The van der Waals surface area contributed by atoms with Crippen LogP contribution in [0.1, 0.15) is 29.1 Å². The number of carbonyl (C=O) groups excluding carboxylic acids is 2. The van der Waals surface area contributed by atoms with E-state index in [9.17, 15) is 9.59 Å². The molecular formula is C21H17ClN2O6. The second-order valence-corrected chi connectivity index (χ2v) is 6.90. The molecule has 0 bridgehead atoms. The zero-order valence-electron chi connectivity index (χ0n) is 15.8. The van der Waals surface area contributed by atoms with Gasteiger partial charge in [0, 0.05) is 22.6 Å². The smallest absolute Gasteiger partial charge is 0.306 e. The maximum Gasteiger partial charge on any atom is 0.306 e. The van der Waals surface area contributed by atoms with Crippen molar-refractivity contribution >= 4 is 23.4 Å². The van der Waals surface area contributed by atoms with E-state index >= 15 is 0 Å². The van der Waals surface area contributed by atoms with Crippen molar-refractivity contribution in [2.45, 2.75) is 19.4 Å². The molecule has 1 aliphatic heterocycles. The molecule has 0 saturated heterocycles. The molecule has 9 heteroatoms. The molecule has 0 saturated carbocycles. The third-order valence-corrected chi connectivity index (χ3v) is 4.60. The molecule has 8 nitrogen and oxygen atoms in total. The van der Waals surface area contributed by atoms with Crippen LogP contribution < -0.4 is 9.47 Å². The average molecular weight is 429 g/mol. The Morgan fingerprint density at radius 3 is 2.57 bits per heavy atom. The first kappa shape index (κ1) is 19.9. The molecule has 0 amide bonds. The monoisotopic (exact) mass is 428 g/mol. The van der Waals surface area contributed by atoms with Crippen LogP contribution in [0.4, 0.5) is 0 Å². The van der Waals surface area contributed by atoms with Gasteiger partial charge in [0.1, 0.15) is 13.2 Å². The highest BCUT2D eigenvalue weighted by atomic mass is 35.5. The zero-order chi connectivity index (χ0) is 20.9. The predicted molar refractivity (Wildman–Crippen MR) is 106 cm³/mol. The van der Waals surface area contributed by atoms with Gasteiger partial charge in [-0.25, -0.2) is 0 Å². The maximum atomic E-state index is 12.3. The van der Waals surface area contributed by atoms with E-state index in [1.54, 1.807) is 42.5 Å². The second-order valence-electron chi connectivity index (χ2n) is 6.46. The molecule has 0 spiro atoms. The standard InChI is InChI=1S/C21H17ClN2O6/c22-15-4-1-13(2-5-15)21-23-19(30-24-21)12-29-20(26)8-6-16(25)14-3-7-17-18(11-14)28-10-9-27-17/h1-5,7,11H,6,8-10,12H2. The number of hydrogen-bond acceptors (Lipinski definition) is 8. The number of halogens is 1. The first-order chi connectivity index (χ1) is 14.6. The van der Waals surface area contributed by atoms with E-state index in [2.05, 4.69) is 10.1 Å². The molecule has 0 radical (unpaired) electrons. The van der Waals surface area contributed by atoms with Crippen LogP contribution in [0.25, 0.3) is 11.4 Å². The molecule has 2 aromatic carbocycles. The number of nitrogens with zero attached hydrogens (tertiary/aromatic N) is 2. The van der Waals surface area contributed by atoms with E-state index < -0.39 is 5.97 Å². The van der Waals surface area contributed by atoms with Crippen LogP contribution >= 0.6 is 11.6 Å². The number of rotatable bonds is 7. The van der Waals surface area contributed by atoms with E-state index in [1.165, 1.54) is 0 Å². The molecule has 1 aliphatic rings. The third kappa shape index (κ3) is 4.77. The number of Topliss-reactive ketones (excluding diaryl/α,β-unsaturated/α-hetero) is 1. The second kappa shape index (κ2) is 8.96. The topological polar surface area (TPSA) is 101 Å². The molecule has 3 aromatic rings. The Labute approximate surface area is 176 Å².